The minimum atomic E-state index is -4.96. The van der Waals surface area contributed by atoms with Crippen molar-refractivity contribution >= 4 is 39.5 Å². The van der Waals surface area contributed by atoms with Gasteiger partial charge < -0.3 is 33.8 Å². The van der Waals surface area contributed by atoms with Crippen molar-refractivity contribution < 1.29 is 80.2 Å². The molecule has 19 heteroatoms. The second-order valence-corrected chi connectivity index (χ2v) is 32.9. The van der Waals surface area contributed by atoms with Crippen LogP contribution in [-0.2, 0) is 65.4 Å². The molecule has 0 aromatic heterocycles. The van der Waals surface area contributed by atoms with Crippen LogP contribution in [0.5, 0.6) is 0 Å². The normalized spacial score (nSPS) is 13.8. The summed E-state index contributed by atoms with van der Waals surface area (Å²) >= 11 is 0. The van der Waals surface area contributed by atoms with E-state index in [4.69, 9.17) is 37.0 Å². The average molecular weight is 1480 g/mol. The van der Waals surface area contributed by atoms with Crippen molar-refractivity contribution in [3.63, 3.8) is 0 Å². The summed E-state index contributed by atoms with van der Waals surface area (Å²) in [5, 5.41) is 10.6. The number of ether oxygens (including phenoxy) is 4. The highest BCUT2D eigenvalue weighted by Crippen LogP contribution is 2.45. The predicted octanol–water partition coefficient (Wildman–Crippen LogP) is 24.8. The van der Waals surface area contributed by atoms with Crippen LogP contribution in [0.15, 0.2) is 0 Å². The summed E-state index contributed by atoms with van der Waals surface area (Å²) in [5.41, 5.74) is 0. The third kappa shape index (κ3) is 76.1. The van der Waals surface area contributed by atoms with Gasteiger partial charge >= 0.3 is 39.5 Å². The number of carbonyl (C=O) groups excluding carboxylic acids is 4. The van der Waals surface area contributed by atoms with Gasteiger partial charge in [0.05, 0.1) is 26.4 Å². The fourth-order valence-corrected chi connectivity index (χ4v) is 14.3. The van der Waals surface area contributed by atoms with E-state index in [9.17, 15) is 43.2 Å². The summed E-state index contributed by atoms with van der Waals surface area (Å²) in [5.74, 6) is -1.32. The zero-order valence-electron chi connectivity index (χ0n) is 66.1. The number of aliphatic hydroxyl groups is 1. The Hall–Kier alpha value is -1.94. The van der Waals surface area contributed by atoms with E-state index in [0.29, 0.717) is 25.7 Å². The predicted molar refractivity (Wildman–Crippen MR) is 414 cm³/mol. The Labute approximate surface area is 619 Å². The third-order valence-electron chi connectivity index (χ3n) is 19.3. The van der Waals surface area contributed by atoms with Gasteiger partial charge in [-0.1, -0.05) is 388 Å². The summed E-state index contributed by atoms with van der Waals surface area (Å²) in [6.45, 7) is 7.33. The highest BCUT2D eigenvalue weighted by Gasteiger charge is 2.30. The minimum Gasteiger partial charge on any atom is -0.462 e. The first-order valence-electron chi connectivity index (χ1n) is 42.6. The van der Waals surface area contributed by atoms with Gasteiger partial charge in [-0.2, -0.15) is 0 Å². The van der Waals surface area contributed by atoms with Crippen LogP contribution in [0, 0.1) is 5.92 Å². The average Bonchev–Trinajstić information content (AvgIpc) is 1.75. The Bertz CT molecular complexity index is 1930. The van der Waals surface area contributed by atoms with Crippen molar-refractivity contribution in [3.05, 3.63) is 0 Å². The molecule has 0 aromatic carbocycles. The van der Waals surface area contributed by atoms with Gasteiger partial charge in [0.2, 0.25) is 0 Å². The number of aliphatic hydroxyl groups excluding tert-OH is 1. The second kappa shape index (κ2) is 74.9. The minimum absolute atomic E-state index is 0.108. The van der Waals surface area contributed by atoms with Gasteiger partial charge in [0.25, 0.3) is 0 Å². The molecule has 0 heterocycles. The molecule has 0 aliphatic rings. The van der Waals surface area contributed by atoms with E-state index >= 15 is 0 Å². The fraction of sp³-hybridized carbons (Fsp3) is 0.951. The van der Waals surface area contributed by atoms with Crippen LogP contribution >= 0.6 is 15.6 Å². The lowest BCUT2D eigenvalue weighted by Crippen LogP contribution is -2.30. The lowest BCUT2D eigenvalue weighted by atomic mass is 10.0. The van der Waals surface area contributed by atoms with E-state index in [0.717, 1.165) is 102 Å². The Balaban J connectivity index is 5.19. The van der Waals surface area contributed by atoms with Crippen molar-refractivity contribution in [1.29, 1.82) is 0 Å². The van der Waals surface area contributed by atoms with E-state index in [1.165, 1.54) is 257 Å². The molecular formula is C82H160O17P2. The molecule has 0 amide bonds. The van der Waals surface area contributed by atoms with Gasteiger partial charge in [0.15, 0.2) is 12.2 Å². The number of phosphoric acid groups is 2. The first kappa shape index (κ1) is 99.1. The number of carbonyl (C=O) groups is 4. The van der Waals surface area contributed by atoms with Crippen LogP contribution in [0.25, 0.3) is 0 Å². The molecule has 17 nitrogen and oxygen atoms in total. The molecular weight excluding hydrogens is 1320 g/mol. The van der Waals surface area contributed by atoms with Crippen LogP contribution in [0.3, 0.4) is 0 Å². The Kier molecular flexibility index (Phi) is 73.5. The standard InChI is InChI=1S/C82H160O17P2/c1-6-9-12-15-18-21-23-25-27-29-30-31-33-35-39-43-47-52-57-62-67-82(87)99-78(72-93-80(85)66-61-56-51-46-42-38-34-32-28-26-24-22-19-16-13-10-7-2)74-97-101(90,91)95-70-76(83)69-94-100(88,89)96-73-77(71-92-79(84)65-60-55-50-20-17-14-11-8-3)98-81(86)68-63-58-53-48-44-40-36-37-41-45-49-54-59-64-75(4)5/h75-78,83H,6-74H2,1-5H3,(H,88,89)(H,90,91)/t76-,77+,78+/m0/s1. The van der Waals surface area contributed by atoms with E-state index in [2.05, 4.69) is 34.6 Å². The van der Waals surface area contributed by atoms with Crippen LogP contribution in [-0.4, -0.2) is 96.7 Å². The van der Waals surface area contributed by atoms with Crippen LogP contribution < -0.4 is 0 Å². The van der Waals surface area contributed by atoms with Gasteiger partial charge in [0.1, 0.15) is 19.3 Å². The number of esters is 4. The summed E-state index contributed by atoms with van der Waals surface area (Å²) in [6, 6.07) is 0. The summed E-state index contributed by atoms with van der Waals surface area (Å²) in [7, 11) is -9.92. The highest BCUT2D eigenvalue weighted by atomic mass is 31.2. The summed E-state index contributed by atoms with van der Waals surface area (Å²) in [6.07, 6.45) is 66.7. The molecule has 0 aromatic rings. The van der Waals surface area contributed by atoms with Gasteiger partial charge in [0, 0.05) is 25.7 Å². The van der Waals surface area contributed by atoms with Crippen LogP contribution in [0.4, 0.5) is 0 Å². The van der Waals surface area contributed by atoms with Crippen molar-refractivity contribution in [3.8, 4) is 0 Å². The first-order chi connectivity index (χ1) is 49.0. The molecule has 2 unspecified atom stereocenters. The Morgan fingerprint density at radius 3 is 0.673 bits per heavy atom. The van der Waals surface area contributed by atoms with E-state index in [1.54, 1.807) is 0 Å². The quantitative estimate of drug-likeness (QED) is 0.0222. The van der Waals surface area contributed by atoms with Crippen molar-refractivity contribution in [2.24, 2.45) is 5.92 Å². The monoisotopic (exact) mass is 1480 g/mol. The van der Waals surface area contributed by atoms with Crippen molar-refractivity contribution in [2.45, 2.75) is 457 Å². The molecule has 0 rings (SSSR count). The van der Waals surface area contributed by atoms with Gasteiger partial charge in [-0.3, -0.25) is 37.3 Å². The number of hydrogen-bond donors (Lipinski definition) is 3. The number of phosphoric ester groups is 2. The molecule has 0 saturated heterocycles. The van der Waals surface area contributed by atoms with Crippen LogP contribution in [0.1, 0.15) is 439 Å². The zero-order chi connectivity index (χ0) is 74.1. The Morgan fingerprint density at radius 1 is 0.267 bits per heavy atom. The van der Waals surface area contributed by atoms with Gasteiger partial charge in [-0.25, -0.2) is 9.13 Å². The Morgan fingerprint density at radius 2 is 0.455 bits per heavy atom. The molecule has 0 saturated carbocycles. The molecule has 101 heavy (non-hydrogen) atoms. The number of hydrogen-bond acceptors (Lipinski definition) is 15. The molecule has 0 spiro atoms. The molecule has 3 N–H and O–H groups in total. The zero-order valence-corrected chi connectivity index (χ0v) is 67.8. The SMILES string of the molecule is CCCCCCCCCCCCCCCCCCCCCCC(=O)O[C@H](COC(=O)CCCCCCCCCCCCCCCCCCC)COP(=O)(O)OC[C@@H](O)COP(=O)(O)OC[C@@H](COC(=O)CCCCCCCCCC)OC(=O)CCCCCCCCCCCCCCCC(C)C. The second-order valence-electron chi connectivity index (χ2n) is 30.0. The van der Waals surface area contributed by atoms with E-state index in [-0.39, 0.29) is 25.7 Å². The van der Waals surface area contributed by atoms with Crippen LogP contribution in [0.2, 0.25) is 0 Å². The van der Waals surface area contributed by atoms with E-state index < -0.39 is 97.5 Å². The molecule has 0 radical (unpaired) electrons. The van der Waals surface area contributed by atoms with E-state index in [1.807, 2.05) is 0 Å². The van der Waals surface area contributed by atoms with Gasteiger partial charge in [-0.05, 0) is 31.6 Å². The molecule has 600 valence electrons. The summed E-state index contributed by atoms with van der Waals surface area (Å²) < 4.78 is 68.7. The molecule has 0 aliphatic heterocycles. The lowest BCUT2D eigenvalue weighted by Gasteiger charge is -2.21. The highest BCUT2D eigenvalue weighted by molar-refractivity contribution is 7.47. The van der Waals surface area contributed by atoms with Crippen molar-refractivity contribution in [1.82, 2.24) is 0 Å². The molecule has 0 bridgehead atoms. The maximum atomic E-state index is 13.1. The fourth-order valence-electron chi connectivity index (χ4n) is 12.8. The number of unbranched alkanes of at least 4 members (excludes halogenated alkanes) is 54. The summed E-state index contributed by atoms with van der Waals surface area (Å²) in [4.78, 5) is 73.0. The third-order valence-corrected chi connectivity index (χ3v) is 21.2. The maximum Gasteiger partial charge on any atom is 0.472 e. The molecule has 5 atom stereocenters. The largest absolute Gasteiger partial charge is 0.472 e. The topological polar surface area (TPSA) is 237 Å². The number of rotatable bonds is 82. The van der Waals surface area contributed by atoms with Crippen molar-refractivity contribution in [2.75, 3.05) is 39.6 Å². The first-order valence-corrected chi connectivity index (χ1v) is 45.6. The smallest absolute Gasteiger partial charge is 0.462 e. The lowest BCUT2D eigenvalue weighted by molar-refractivity contribution is -0.161. The molecule has 0 aliphatic carbocycles. The molecule has 0 fully saturated rings. The maximum absolute atomic E-state index is 13.1. The van der Waals surface area contributed by atoms with Gasteiger partial charge in [-0.15, -0.1) is 0 Å².